The average molecular weight is 307 g/mol. The van der Waals surface area contributed by atoms with Crippen LogP contribution in [0.25, 0.3) is 0 Å². The minimum absolute atomic E-state index is 0.0314. The summed E-state index contributed by atoms with van der Waals surface area (Å²) in [6.45, 7) is 1.77. The van der Waals surface area contributed by atoms with Gasteiger partial charge in [0.15, 0.2) is 0 Å². The predicted octanol–water partition coefficient (Wildman–Crippen LogP) is 2.29. The summed E-state index contributed by atoms with van der Waals surface area (Å²) in [5, 5.41) is 10.5. The number of non-ortho nitro benzene ring substituents is 1. The van der Waals surface area contributed by atoms with E-state index in [1.54, 1.807) is 13.0 Å². The Morgan fingerprint density at radius 1 is 1.14 bits per heavy atom. The molecule has 0 spiro atoms. The molecule has 2 aromatic rings. The zero-order valence-electron chi connectivity index (χ0n) is 11.1. The van der Waals surface area contributed by atoms with E-state index in [1.807, 2.05) is 0 Å². The molecule has 0 amide bonds. The number of nitro benzene ring substituents is 1. The maximum Gasteiger partial charge on any atom is 0.269 e. The van der Waals surface area contributed by atoms with E-state index in [0.717, 1.165) is 5.56 Å². The van der Waals surface area contributed by atoms with Crippen LogP contribution in [0.4, 0.5) is 17.1 Å². The van der Waals surface area contributed by atoms with Crippen molar-refractivity contribution in [3.8, 4) is 0 Å². The number of rotatable bonds is 4. The maximum atomic E-state index is 12.2. The highest BCUT2D eigenvalue weighted by Gasteiger charge is 2.15. The number of nitrogen functional groups attached to an aromatic ring is 1. The molecule has 0 bridgehead atoms. The third kappa shape index (κ3) is 3.29. The Bertz CT molecular complexity index is 786. The zero-order valence-corrected chi connectivity index (χ0v) is 11.9. The van der Waals surface area contributed by atoms with Gasteiger partial charge in [0.2, 0.25) is 0 Å². The fourth-order valence-corrected chi connectivity index (χ4v) is 2.74. The Morgan fingerprint density at radius 3 is 2.29 bits per heavy atom. The second-order valence-corrected chi connectivity index (χ2v) is 6.11. The molecule has 0 aliphatic carbocycles. The van der Waals surface area contributed by atoms with Crippen LogP contribution < -0.4 is 10.5 Å². The molecule has 0 saturated heterocycles. The Morgan fingerprint density at radius 2 is 1.76 bits per heavy atom. The van der Waals surface area contributed by atoms with Gasteiger partial charge in [-0.2, -0.15) is 0 Å². The summed E-state index contributed by atoms with van der Waals surface area (Å²) >= 11 is 0. The van der Waals surface area contributed by atoms with E-state index in [0.29, 0.717) is 5.69 Å². The van der Waals surface area contributed by atoms with Gasteiger partial charge in [0, 0.05) is 23.5 Å². The fraction of sp³-hybridized carbons (Fsp3) is 0.0769. The van der Waals surface area contributed by atoms with Gasteiger partial charge < -0.3 is 5.73 Å². The summed E-state index contributed by atoms with van der Waals surface area (Å²) in [4.78, 5) is 10.0. The number of nitrogens with two attached hydrogens (primary N) is 1. The molecule has 0 aliphatic rings. The molecule has 2 rings (SSSR count). The first-order valence-electron chi connectivity index (χ1n) is 5.93. The van der Waals surface area contributed by atoms with Crippen LogP contribution in [0.2, 0.25) is 0 Å². The number of anilines is 2. The highest BCUT2D eigenvalue weighted by molar-refractivity contribution is 7.92. The molecular formula is C13H13N3O4S. The van der Waals surface area contributed by atoms with Crippen LogP contribution in [-0.4, -0.2) is 13.3 Å². The second kappa shape index (κ2) is 5.41. The summed E-state index contributed by atoms with van der Waals surface area (Å²) in [6.07, 6.45) is 0. The van der Waals surface area contributed by atoms with E-state index in [4.69, 9.17) is 5.73 Å². The number of sulfonamides is 1. The van der Waals surface area contributed by atoms with Gasteiger partial charge in [0.1, 0.15) is 0 Å². The molecule has 2 aromatic carbocycles. The van der Waals surface area contributed by atoms with Crippen molar-refractivity contribution in [3.05, 3.63) is 58.1 Å². The molecule has 21 heavy (non-hydrogen) atoms. The first-order valence-corrected chi connectivity index (χ1v) is 7.41. The highest BCUT2D eigenvalue weighted by atomic mass is 32.2. The smallest absolute Gasteiger partial charge is 0.269 e. The van der Waals surface area contributed by atoms with E-state index in [1.165, 1.54) is 36.4 Å². The van der Waals surface area contributed by atoms with Crippen molar-refractivity contribution in [1.82, 2.24) is 0 Å². The Kier molecular flexibility index (Phi) is 3.81. The fourth-order valence-electron chi connectivity index (χ4n) is 1.65. The molecule has 110 valence electrons. The molecule has 8 heteroatoms. The summed E-state index contributed by atoms with van der Waals surface area (Å²) < 4.78 is 26.7. The first kappa shape index (κ1) is 14.8. The van der Waals surface area contributed by atoms with Crippen LogP contribution in [-0.2, 0) is 10.0 Å². The van der Waals surface area contributed by atoms with Gasteiger partial charge in [-0.25, -0.2) is 8.42 Å². The standard InChI is InChI=1S/C13H13N3O4S/c1-9-2-7-12(8-13(9)14)21(19,20)15-10-3-5-11(6-4-10)16(17)18/h2-8,15H,14H2,1H3. The number of hydrogen-bond donors (Lipinski definition) is 2. The summed E-state index contributed by atoms with van der Waals surface area (Å²) in [5.74, 6) is 0. The van der Waals surface area contributed by atoms with Crippen LogP contribution in [0.3, 0.4) is 0 Å². The maximum absolute atomic E-state index is 12.2. The Balaban J connectivity index is 2.28. The lowest BCUT2D eigenvalue weighted by Crippen LogP contribution is -2.13. The molecule has 7 nitrogen and oxygen atoms in total. The van der Waals surface area contributed by atoms with Gasteiger partial charge >= 0.3 is 0 Å². The van der Waals surface area contributed by atoms with E-state index in [9.17, 15) is 18.5 Å². The van der Waals surface area contributed by atoms with Crippen LogP contribution in [0.15, 0.2) is 47.4 Å². The van der Waals surface area contributed by atoms with Gasteiger partial charge in [-0.3, -0.25) is 14.8 Å². The second-order valence-electron chi connectivity index (χ2n) is 4.43. The average Bonchev–Trinajstić information content (AvgIpc) is 2.42. The van der Waals surface area contributed by atoms with Gasteiger partial charge in [-0.1, -0.05) is 6.07 Å². The molecule has 0 aliphatic heterocycles. The number of aryl methyl sites for hydroxylation is 1. The summed E-state index contributed by atoms with van der Waals surface area (Å²) in [7, 11) is -3.79. The quantitative estimate of drug-likeness (QED) is 0.511. The molecule has 0 saturated carbocycles. The van der Waals surface area contributed by atoms with Crippen molar-refractivity contribution >= 4 is 27.1 Å². The number of benzene rings is 2. The third-order valence-corrected chi connectivity index (χ3v) is 4.27. The van der Waals surface area contributed by atoms with Crippen LogP contribution >= 0.6 is 0 Å². The highest BCUT2D eigenvalue weighted by Crippen LogP contribution is 2.21. The molecule has 3 N–H and O–H groups in total. The largest absolute Gasteiger partial charge is 0.398 e. The topological polar surface area (TPSA) is 115 Å². The number of nitrogens with one attached hydrogen (secondary N) is 1. The van der Waals surface area contributed by atoms with Crippen molar-refractivity contribution in [2.24, 2.45) is 0 Å². The van der Waals surface area contributed by atoms with Crippen molar-refractivity contribution in [2.75, 3.05) is 10.5 Å². The first-order chi connectivity index (χ1) is 9.79. The van der Waals surface area contributed by atoms with Crippen molar-refractivity contribution in [3.63, 3.8) is 0 Å². The minimum Gasteiger partial charge on any atom is -0.398 e. The van der Waals surface area contributed by atoms with E-state index >= 15 is 0 Å². The molecular weight excluding hydrogens is 294 g/mol. The number of nitro groups is 1. The van der Waals surface area contributed by atoms with Crippen molar-refractivity contribution < 1.29 is 13.3 Å². The molecule has 0 aromatic heterocycles. The van der Waals surface area contributed by atoms with E-state index in [2.05, 4.69) is 4.72 Å². The van der Waals surface area contributed by atoms with Gasteiger partial charge in [0.05, 0.1) is 9.82 Å². The van der Waals surface area contributed by atoms with Crippen LogP contribution in [0, 0.1) is 17.0 Å². The van der Waals surface area contributed by atoms with E-state index in [-0.39, 0.29) is 16.3 Å². The van der Waals surface area contributed by atoms with Gasteiger partial charge in [-0.05, 0) is 36.8 Å². The van der Waals surface area contributed by atoms with Gasteiger partial charge in [0.25, 0.3) is 15.7 Å². The summed E-state index contributed by atoms with van der Waals surface area (Å²) in [5.41, 5.74) is 6.98. The Hall–Kier alpha value is -2.61. The molecule has 0 unspecified atom stereocenters. The van der Waals surface area contributed by atoms with Gasteiger partial charge in [-0.15, -0.1) is 0 Å². The molecule has 0 heterocycles. The lowest BCUT2D eigenvalue weighted by atomic mass is 10.2. The Labute approximate surface area is 121 Å². The molecule has 0 fully saturated rings. The monoisotopic (exact) mass is 307 g/mol. The summed E-state index contributed by atoms with van der Waals surface area (Å²) in [6, 6.07) is 9.52. The molecule has 0 atom stereocenters. The lowest BCUT2D eigenvalue weighted by Gasteiger charge is -2.09. The number of nitrogens with zero attached hydrogens (tertiary/aromatic N) is 1. The predicted molar refractivity (Wildman–Crippen MR) is 79.5 cm³/mol. The minimum atomic E-state index is -3.79. The SMILES string of the molecule is Cc1ccc(S(=O)(=O)Nc2ccc([N+](=O)[O-])cc2)cc1N. The van der Waals surface area contributed by atoms with Crippen LogP contribution in [0.5, 0.6) is 0 Å². The van der Waals surface area contributed by atoms with Crippen molar-refractivity contribution in [1.29, 1.82) is 0 Å². The zero-order chi connectivity index (χ0) is 15.6. The van der Waals surface area contributed by atoms with Crippen molar-refractivity contribution in [2.45, 2.75) is 11.8 Å². The number of hydrogen-bond acceptors (Lipinski definition) is 5. The third-order valence-electron chi connectivity index (χ3n) is 2.89. The lowest BCUT2D eigenvalue weighted by molar-refractivity contribution is -0.384. The molecule has 0 radical (unpaired) electrons. The normalized spacial score (nSPS) is 11.1. The van der Waals surface area contributed by atoms with E-state index < -0.39 is 14.9 Å². The van der Waals surface area contributed by atoms with Crippen LogP contribution in [0.1, 0.15) is 5.56 Å².